The summed E-state index contributed by atoms with van der Waals surface area (Å²) in [5, 5.41) is 6.38. The molecule has 1 amide bonds. The molecule has 2 rings (SSSR count). The van der Waals surface area contributed by atoms with E-state index in [9.17, 15) is 4.79 Å². The summed E-state index contributed by atoms with van der Waals surface area (Å²) in [6.45, 7) is 7.63. The molecule has 1 aromatic heterocycles. The zero-order valence-electron chi connectivity index (χ0n) is 10.7. The van der Waals surface area contributed by atoms with E-state index >= 15 is 0 Å². The second-order valence-electron chi connectivity index (χ2n) is 4.71. The molecule has 0 aromatic carbocycles. The fraction of sp³-hybridized carbons (Fsp3) is 0.615. The predicted octanol–water partition coefficient (Wildman–Crippen LogP) is 1.69. The molecule has 17 heavy (non-hydrogen) atoms. The molecule has 1 aliphatic heterocycles. The molecule has 0 unspecified atom stereocenters. The van der Waals surface area contributed by atoms with Gasteiger partial charge in [0.15, 0.2) is 0 Å². The molecular formula is C13H20N2O2. The third-order valence-electron chi connectivity index (χ3n) is 3.46. The van der Waals surface area contributed by atoms with E-state index in [4.69, 9.17) is 4.42 Å². The summed E-state index contributed by atoms with van der Waals surface area (Å²) in [5.41, 5.74) is 1.66. The van der Waals surface area contributed by atoms with Crippen LogP contribution in [0, 0.1) is 20.8 Å². The molecule has 1 saturated heterocycles. The lowest BCUT2D eigenvalue weighted by molar-refractivity contribution is 0.0927. The Bertz CT molecular complexity index is 417. The van der Waals surface area contributed by atoms with E-state index in [1.807, 2.05) is 20.8 Å². The third-order valence-corrected chi connectivity index (χ3v) is 3.46. The van der Waals surface area contributed by atoms with Crippen LogP contribution in [0.25, 0.3) is 0 Å². The molecule has 0 aliphatic carbocycles. The standard InChI is InChI=1S/C13H20N2O2/c1-8-9(2)17-10(3)12(8)13(16)15-11-4-6-14-7-5-11/h11,14H,4-7H2,1-3H3,(H,15,16). The Balaban J connectivity index is 2.08. The van der Waals surface area contributed by atoms with Crippen molar-refractivity contribution in [2.75, 3.05) is 13.1 Å². The summed E-state index contributed by atoms with van der Waals surface area (Å²) < 4.78 is 5.48. The molecular weight excluding hydrogens is 216 g/mol. The summed E-state index contributed by atoms with van der Waals surface area (Å²) in [6.07, 6.45) is 2.00. The summed E-state index contributed by atoms with van der Waals surface area (Å²) in [5.74, 6) is 1.55. The summed E-state index contributed by atoms with van der Waals surface area (Å²) in [4.78, 5) is 12.2. The van der Waals surface area contributed by atoms with E-state index in [2.05, 4.69) is 10.6 Å². The molecule has 0 bridgehead atoms. The first kappa shape index (κ1) is 12.2. The molecule has 0 radical (unpaired) electrons. The van der Waals surface area contributed by atoms with Gasteiger partial charge in [-0.3, -0.25) is 4.79 Å². The van der Waals surface area contributed by atoms with Gasteiger partial charge in [0, 0.05) is 11.6 Å². The minimum Gasteiger partial charge on any atom is -0.466 e. The van der Waals surface area contributed by atoms with Gasteiger partial charge >= 0.3 is 0 Å². The normalized spacial score (nSPS) is 17.1. The van der Waals surface area contributed by atoms with Gasteiger partial charge in [-0.1, -0.05) is 0 Å². The first-order valence-electron chi connectivity index (χ1n) is 6.17. The van der Waals surface area contributed by atoms with Crippen molar-refractivity contribution >= 4 is 5.91 Å². The smallest absolute Gasteiger partial charge is 0.255 e. The van der Waals surface area contributed by atoms with Crippen LogP contribution < -0.4 is 10.6 Å². The molecule has 2 N–H and O–H groups in total. The van der Waals surface area contributed by atoms with E-state index < -0.39 is 0 Å². The van der Waals surface area contributed by atoms with Gasteiger partial charge in [0.2, 0.25) is 0 Å². The topological polar surface area (TPSA) is 54.3 Å². The fourth-order valence-electron chi connectivity index (χ4n) is 2.35. The highest BCUT2D eigenvalue weighted by atomic mass is 16.3. The second-order valence-corrected chi connectivity index (χ2v) is 4.71. The van der Waals surface area contributed by atoms with Crippen LogP contribution in [0.5, 0.6) is 0 Å². The molecule has 2 heterocycles. The van der Waals surface area contributed by atoms with Crippen LogP contribution in [0.1, 0.15) is 40.3 Å². The average molecular weight is 236 g/mol. The highest BCUT2D eigenvalue weighted by Crippen LogP contribution is 2.20. The monoisotopic (exact) mass is 236 g/mol. The predicted molar refractivity (Wildman–Crippen MR) is 66.3 cm³/mol. The first-order valence-corrected chi connectivity index (χ1v) is 6.17. The van der Waals surface area contributed by atoms with Gasteiger partial charge in [0.25, 0.3) is 5.91 Å². The zero-order valence-corrected chi connectivity index (χ0v) is 10.7. The van der Waals surface area contributed by atoms with Gasteiger partial charge in [0.05, 0.1) is 5.56 Å². The van der Waals surface area contributed by atoms with Gasteiger partial charge in [0.1, 0.15) is 11.5 Å². The number of hydrogen-bond donors (Lipinski definition) is 2. The Kier molecular flexibility index (Phi) is 3.52. The minimum absolute atomic E-state index is 0.00347. The lowest BCUT2D eigenvalue weighted by Crippen LogP contribution is -2.42. The maximum atomic E-state index is 12.2. The SMILES string of the molecule is Cc1oc(C)c(C(=O)NC2CCNCC2)c1C. The number of amides is 1. The number of hydrogen-bond acceptors (Lipinski definition) is 3. The Morgan fingerprint density at radius 3 is 2.41 bits per heavy atom. The quantitative estimate of drug-likeness (QED) is 0.821. The number of furan rings is 1. The largest absolute Gasteiger partial charge is 0.466 e. The average Bonchev–Trinajstić information content (AvgIpc) is 2.54. The Morgan fingerprint density at radius 1 is 1.24 bits per heavy atom. The van der Waals surface area contributed by atoms with E-state index in [0.717, 1.165) is 37.3 Å². The fourth-order valence-corrected chi connectivity index (χ4v) is 2.35. The van der Waals surface area contributed by atoms with Crippen LogP contribution in [0.2, 0.25) is 0 Å². The highest BCUT2D eigenvalue weighted by molar-refractivity contribution is 5.97. The second kappa shape index (κ2) is 4.92. The molecule has 4 nitrogen and oxygen atoms in total. The van der Waals surface area contributed by atoms with Crippen LogP contribution in [-0.2, 0) is 0 Å². The molecule has 0 atom stereocenters. The molecule has 94 valence electrons. The van der Waals surface area contributed by atoms with Gasteiger partial charge in [-0.05, 0) is 46.7 Å². The van der Waals surface area contributed by atoms with Crippen molar-refractivity contribution in [1.29, 1.82) is 0 Å². The summed E-state index contributed by atoms with van der Waals surface area (Å²) in [6, 6.07) is 0.290. The van der Waals surface area contributed by atoms with Crippen LogP contribution >= 0.6 is 0 Å². The summed E-state index contributed by atoms with van der Waals surface area (Å²) >= 11 is 0. The van der Waals surface area contributed by atoms with Crippen molar-refractivity contribution in [3.63, 3.8) is 0 Å². The maximum absolute atomic E-state index is 12.2. The van der Waals surface area contributed by atoms with Crippen molar-refractivity contribution < 1.29 is 9.21 Å². The lowest BCUT2D eigenvalue weighted by Gasteiger charge is -2.23. The Morgan fingerprint density at radius 2 is 1.88 bits per heavy atom. The Hall–Kier alpha value is -1.29. The lowest BCUT2D eigenvalue weighted by atomic mass is 10.0. The van der Waals surface area contributed by atoms with Crippen molar-refractivity contribution in [2.24, 2.45) is 0 Å². The van der Waals surface area contributed by atoms with Gasteiger partial charge in [-0.2, -0.15) is 0 Å². The van der Waals surface area contributed by atoms with Crippen LogP contribution in [0.15, 0.2) is 4.42 Å². The Labute approximate surface area is 102 Å². The minimum atomic E-state index is 0.00347. The van der Waals surface area contributed by atoms with Crippen LogP contribution in [-0.4, -0.2) is 25.0 Å². The van der Waals surface area contributed by atoms with E-state index in [0.29, 0.717) is 11.3 Å². The first-order chi connectivity index (χ1) is 8.09. The number of nitrogens with one attached hydrogen (secondary N) is 2. The van der Waals surface area contributed by atoms with Gasteiger partial charge < -0.3 is 15.1 Å². The maximum Gasteiger partial charge on any atom is 0.255 e. The van der Waals surface area contributed by atoms with Crippen molar-refractivity contribution in [3.8, 4) is 0 Å². The number of aryl methyl sites for hydroxylation is 2. The van der Waals surface area contributed by atoms with Crippen molar-refractivity contribution in [2.45, 2.75) is 39.7 Å². The highest BCUT2D eigenvalue weighted by Gasteiger charge is 2.22. The van der Waals surface area contributed by atoms with Crippen LogP contribution in [0.3, 0.4) is 0 Å². The molecule has 1 aromatic rings. The molecule has 0 saturated carbocycles. The number of carbonyl (C=O) groups is 1. The van der Waals surface area contributed by atoms with E-state index in [-0.39, 0.29) is 11.9 Å². The number of rotatable bonds is 2. The van der Waals surface area contributed by atoms with E-state index in [1.54, 1.807) is 0 Å². The summed E-state index contributed by atoms with van der Waals surface area (Å²) in [7, 11) is 0. The van der Waals surface area contributed by atoms with Crippen molar-refractivity contribution in [1.82, 2.24) is 10.6 Å². The van der Waals surface area contributed by atoms with Crippen LogP contribution in [0.4, 0.5) is 0 Å². The number of piperidine rings is 1. The van der Waals surface area contributed by atoms with E-state index in [1.165, 1.54) is 0 Å². The molecule has 1 fully saturated rings. The third kappa shape index (κ3) is 2.52. The number of carbonyl (C=O) groups excluding carboxylic acids is 1. The van der Waals surface area contributed by atoms with Gasteiger partial charge in [-0.25, -0.2) is 0 Å². The molecule has 4 heteroatoms. The molecule has 1 aliphatic rings. The zero-order chi connectivity index (χ0) is 12.4. The van der Waals surface area contributed by atoms with Crippen molar-refractivity contribution in [3.05, 3.63) is 22.6 Å². The van der Waals surface area contributed by atoms with Gasteiger partial charge in [-0.15, -0.1) is 0 Å². The molecule has 0 spiro atoms.